The lowest BCUT2D eigenvalue weighted by molar-refractivity contribution is -0.384. The summed E-state index contributed by atoms with van der Waals surface area (Å²) >= 11 is 0. The van der Waals surface area contributed by atoms with Crippen LogP contribution in [0, 0.1) is 10.1 Å². The number of non-ortho nitro benzene ring substituents is 1. The van der Waals surface area contributed by atoms with E-state index in [1.54, 1.807) is 19.1 Å². The largest absolute Gasteiger partial charge is 0.365 e. The van der Waals surface area contributed by atoms with Crippen molar-refractivity contribution in [1.82, 2.24) is 20.3 Å². The van der Waals surface area contributed by atoms with Crippen molar-refractivity contribution in [3.05, 3.63) is 39.9 Å². The van der Waals surface area contributed by atoms with Crippen molar-refractivity contribution >= 4 is 17.3 Å². The van der Waals surface area contributed by atoms with Gasteiger partial charge in [-0.2, -0.15) is 5.10 Å². The first kappa shape index (κ1) is 11.6. The fourth-order valence-corrected chi connectivity index (χ4v) is 1.28. The quantitative estimate of drug-likeness (QED) is 0.476. The number of nitrogens with two attached hydrogens (primary N) is 1. The zero-order valence-electron chi connectivity index (χ0n) is 9.39. The summed E-state index contributed by atoms with van der Waals surface area (Å²) in [4.78, 5) is 11.1. The molecule has 0 aliphatic rings. The van der Waals surface area contributed by atoms with Gasteiger partial charge in [-0.05, 0) is 35.0 Å². The molecule has 0 atom stereocenters. The summed E-state index contributed by atoms with van der Waals surface area (Å²) in [6.07, 6.45) is 0. The molecule has 0 saturated carbocycles. The van der Waals surface area contributed by atoms with Gasteiger partial charge in [0.2, 0.25) is 0 Å². The van der Waals surface area contributed by atoms with Crippen LogP contribution in [0.15, 0.2) is 29.4 Å². The Balaban J connectivity index is 2.29. The summed E-state index contributed by atoms with van der Waals surface area (Å²) in [5, 5.41) is 25.0. The van der Waals surface area contributed by atoms with Crippen molar-refractivity contribution in [1.29, 1.82) is 0 Å². The molecule has 1 aromatic heterocycles. The molecule has 0 spiro atoms. The number of hydrogen-bond acceptors (Lipinski definition) is 7. The van der Waals surface area contributed by atoms with E-state index in [1.807, 2.05) is 0 Å². The Labute approximate surface area is 101 Å². The summed E-state index contributed by atoms with van der Waals surface area (Å²) in [7, 11) is 0. The highest BCUT2D eigenvalue weighted by Gasteiger charge is 2.06. The molecule has 0 fully saturated rings. The summed E-state index contributed by atoms with van der Waals surface area (Å²) < 4.78 is 0. The van der Waals surface area contributed by atoms with Crippen LogP contribution in [-0.4, -0.2) is 31.0 Å². The van der Waals surface area contributed by atoms with Gasteiger partial charge in [0.1, 0.15) is 0 Å². The molecule has 2 aromatic rings. The van der Waals surface area contributed by atoms with Crippen LogP contribution in [-0.2, 0) is 0 Å². The van der Waals surface area contributed by atoms with Gasteiger partial charge in [-0.3, -0.25) is 10.1 Å². The van der Waals surface area contributed by atoms with Crippen molar-refractivity contribution < 1.29 is 4.92 Å². The molecule has 0 unspecified atom stereocenters. The first-order valence-electron chi connectivity index (χ1n) is 4.92. The summed E-state index contributed by atoms with van der Waals surface area (Å²) in [6.45, 7) is 1.72. The van der Waals surface area contributed by atoms with E-state index >= 15 is 0 Å². The Morgan fingerprint density at radius 3 is 2.61 bits per heavy atom. The Hall–Kier alpha value is -2.84. The zero-order valence-corrected chi connectivity index (χ0v) is 9.39. The average Bonchev–Trinajstić information content (AvgIpc) is 2.75. The maximum absolute atomic E-state index is 10.5. The molecule has 18 heavy (non-hydrogen) atoms. The normalized spacial score (nSPS) is 11.5. The molecule has 0 saturated heterocycles. The van der Waals surface area contributed by atoms with E-state index in [0.717, 1.165) is 10.4 Å². The average molecular weight is 247 g/mol. The Kier molecular flexibility index (Phi) is 2.96. The van der Waals surface area contributed by atoms with Crippen molar-refractivity contribution in [3.8, 4) is 0 Å². The molecule has 0 radical (unpaired) electrons. The lowest BCUT2D eigenvalue weighted by Gasteiger charge is -2.00. The zero-order chi connectivity index (χ0) is 13.1. The van der Waals surface area contributed by atoms with Crippen molar-refractivity contribution in [2.45, 2.75) is 6.92 Å². The minimum absolute atomic E-state index is 0.0217. The molecule has 9 heteroatoms. The minimum atomic E-state index is -0.463. The topological polar surface area (TPSA) is 125 Å². The van der Waals surface area contributed by atoms with Gasteiger partial charge >= 0.3 is 0 Å². The molecule has 1 heterocycles. The standard InChI is InChI=1S/C9H9N7O2/c1-6(12-15-9(10)11-13-14-15)7-2-4-8(5-3-7)16(17)18/h2-5H,1H3,(H2,10,11,14)/b12-6-. The number of nitro benzene ring substituents is 1. The van der Waals surface area contributed by atoms with Crippen LogP contribution in [0.25, 0.3) is 0 Å². The van der Waals surface area contributed by atoms with Gasteiger partial charge in [0.25, 0.3) is 11.6 Å². The van der Waals surface area contributed by atoms with E-state index in [-0.39, 0.29) is 11.6 Å². The summed E-state index contributed by atoms with van der Waals surface area (Å²) in [5.74, 6) is 0.0660. The number of nitrogen functional groups attached to an aromatic ring is 1. The molecular formula is C9H9N7O2. The maximum atomic E-state index is 10.5. The van der Waals surface area contributed by atoms with Crippen LogP contribution in [0.5, 0.6) is 0 Å². The maximum Gasteiger partial charge on any atom is 0.269 e. The van der Waals surface area contributed by atoms with Gasteiger partial charge in [0.05, 0.1) is 10.6 Å². The Bertz CT molecular complexity index is 602. The van der Waals surface area contributed by atoms with Crippen LogP contribution in [0.3, 0.4) is 0 Å². The van der Waals surface area contributed by atoms with E-state index in [2.05, 4.69) is 20.6 Å². The van der Waals surface area contributed by atoms with Crippen molar-refractivity contribution in [2.24, 2.45) is 5.10 Å². The molecule has 0 bridgehead atoms. The third kappa shape index (κ3) is 2.29. The van der Waals surface area contributed by atoms with Gasteiger partial charge in [-0.1, -0.05) is 9.89 Å². The Morgan fingerprint density at radius 2 is 2.11 bits per heavy atom. The molecule has 1 aromatic carbocycles. The number of nitrogens with zero attached hydrogens (tertiary/aromatic N) is 6. The van der Waals surface area contributed by atoms with E-state index in [0.29, 0.717) is 5.71 Å². The third-order valence-electron chi connectivity index (χ3n) is 2.22. The first-order chi connectivity index (χ1) is 8.58. The highest BCUT2D eigenvalue weighted by Crippen LogP contribution is 2.12. The molecule has 92 valence electrons. The van der Waals surface area contributed by atoms with Crippen LogP contribution >= 0.6 is 0 Å². The lowest BCUT2D eigenvalue weighted by atomic mass is 10.1. The van der Waals surface area contributed by atoms with E-state index < -0.39 is 4.92 Å². The number of rotatable bonds is 3. The van der Waals surface area contributed by atoms with Gasteiger partial charge in [-0.25, -0.2) is 0 Å². The third-order valence-corrected chi connectivity index (χ3v) is 2.22. The minimum Gasteiger partial charge on any atom is -0.365 e. The number of aromatic nitrogens is 4. The van der Waals surface area contributed by atoms with Crippen LogP contribution < -0.4 is 5.73 Å². The van der Waals surface area contributed by atoms with Gasteiger partial charge < -0.3 is 5.73 Å². The van der Waals surface area contributed by atoms with Gasteiger partial charge in [0, 0.05) is 12.1 Å². The molecule has 2 N–H and O–H groups in total. The lowest BCUT2D eigenvalue weighted by Crippen LogP contribution is -2.04. The first-order valence-corrected chi connectivity index (χ1v) is 4.92. The molecule has 0 aliphatic carbocycles. The van der Waals surface area contributed by atoms with E-state index in [4.69, 9.17) is 5.73 Å². The highest BCUT2D eigenvalue weighted by atomic mass is 16.6. The molecule has 0 aliphatic heterocycles. The van der Waals surface area contributed by atoms with Crippen molar-refractivity contribution in [2.75, 3.05) is 5.73 Å². The van der Waals surface area contributed by atoms with Crippen LogP contribution in [0.2, 0.25) is 0 Å². The highest BCUT2D eigenvalue weighted by molar-refractivity contribution is 5.98. The SMILES string of the molecule is C/C(=N/n1nnnc1N)c1ccc([N+](=O)[O-])cc1. The Morgan fingerprint density at radius 1 is 1.44 bits per heavy atom. The number of benzene rings is 1. The predicted octanol–water partition coefficient (Wildman–Crippen LogP) is 0.436. The van der Waals surface area contributed by atoms with Crippen molar-refractivity contribution in [3.63, 3.8) is 0 Å². The smallest absolute Gasteiger partial charge is 0.269 e. The summed E-state index contributed by atoms with van der Waals surface area (Å²) in [5.41, 5.74) is 6.79. The number of anilines is 1. The van der Waals surface area contributed by atoms with Gasteiger partial charge in [-0.15, -0.1) is 0 Å². The second-order valence-corrected chi connectivity index (χ2v) is 3.42. The van der Waals surface area contributed by atoms with Crippen LogP contribution in [0.4, 0.5) is 11.6 Å². The monoisotopic (exact) mass is 247 g/mol. The van der Waals surface area contributed by atoms with E-state index in [9.17, 15) is 10.1 Å². The van der Waals surface area contributed by atoms with E-state index in [1.165, 1.54) is 12.1 Å². The predicted molar refractivity (Wildman–Crippen MR) is 62.9 cm³/mol. The van der Waals surface area contributed by atoms with Gasteiger partial charge in [0.15, 0.2) is 0 Å². The molecule has 9 nitrogen and oxygen atoms in total. The number of nitro groups is 1. The second-order valence-electron chi connectivity index (χ2n) is 3.42. The van der Waals surface area contributed by atoms with Crippen LogP contribution in [0.1, 0.15) is 12.5 Å². The molecular weight excluding hydrogens is 238 g/mol. The molecule has 2 rings (SSSR count). The number of tetrazole rings is 1. The number of hydrogen-bond donors (Lipinski definition) is 1. The second kappa shape index (κ2) is 4.57. The fraction of sp³-hybridized carbons (Fsp3) is 0.111. The summed E-state index contributed by atoms with van der Waals surface area (Å²) in [6, 6.07) is 5.99. The molecule has 0 amide bonds. The fourth-order valence-electron chi connectivity index (χ4n) is 1.28.